The number of fused-ring (bicyclic) bond motifs is 1. The van der Waals surface area contributed by atoms with E-state index in [0.717, 1.165) is 25.7 Å². The lowest BCUT2D eigenvalue weighted by Gasteiger charge is -2.07. The molecule has 0 aliphatic carbocycles. The monoisotopic (exact) mass is 304 g/mol. The highest BCUT2D eigenvalue weighted by molar-refractivity contribution is 5.86. The molecule has 1 aromatic heterocycles. The second-order valence-corrected chi connectivity index (χ2v) is 5.20. The van der Waals surface area contributed by atoms with Gasteiger partial charge in [0, 0.05) is 6.42 Å². The summed E-state index contributed by atoms with van der Waals surface area (Å²) in [6, 6.07) is 6.54. The van der Waals surface area contributed by atoms with E-state index in [9.17, 15) is 14.7 Å². The summed E-state index contributed by atoms with van der Waals surface area (Å²) in [5.41, 5.74) is -0.597. The van der Waals surface area contributed by atoms with Crippen LogP contribution in [0.5, 0.6) is 11.5 Å². The topological polar surface area (TPSA) is 76.7 Å². The Balaban J connectivity index is 2.05. The summed E-state index contributed by atoms with van der Waals surface area (Å²) in [7, 11) is 0. The van der Waals surface area contributed by atoms with Crippen molar-refractivity contribution < 1.29 is 19.1 Å². The molecule has 0 atom stereocenters. The van der Waals surface area contributed by atoms with Gasteiger partial charge in [-0.3, -0.25) is 4.79 Å². The van der Waals surface area contributed by atoms with E-state index in [0.29, 0.717) is 11.8 Å². The van der Waals surface area contributed by atoms with Gasteiger partial charge in [0.1, 0.15) is 5.58 Å². The van der Waals surface area contributed by atoms with Crippen LogP contribution in [0.25, 0.3) is 11.0 Å². The van der Waals surface area contributed by atoms with Gasteiger partial charge in [0.05, 0.1) is 5.39 Å². The largest absolute Gasteiger partial charge is 0.504 e. The molecule has 0 amide bonds. The predicted molar refractivity (Wildman–Crippen MR) is 83.2 cm³/mol. The zero-order chi connectivity index (χ0) is 15.9. The molecule has 22 heavy (non-hydrogen) atoms. The van der Waals surface area contributed by atoms with E-state index in [2.05, 4.69) is 6.92 Å². The molecule has 0 aliphatic heterocycles. The second-order valence-electron chi connectivity index (χ2n) is 5.20. The molecule has 0 fully saturated rings. The number of hydrogen-bond donors (Lipinski definition) is 1. The number of unbranched alkanes of at least 4 members (excludes halogenated alkanes) is 4. The molecular formula is C17H20O5. The maximum atomic E-state index is 11.8. The minimum Gasteiger partial charge on any atom is -0.504 e. The summed E-state index contributed by atoms with van der Waals surface area (Å²) < 4.78 is 10.0. The highest BCUT2D eigenvalue weighted by atomic mass is 16.6. The molecule has 0 bridgehead atoms. The van der Waals surface area contributed by atoms with E-state index < -0.39 is 17.3 Å². The van der Waals surface area contributed by atoms with Crippen molar-refractivity contribution in [3.63, 3.8) is 0 Å². The van der Waals surface area contributed by atoms with Gasteiger partial charge in [-0.05, 0) is 18.6 Å². The Labute approximate surface area is 128 Å². The summed E-state index contributed by atoms with van der Waals surface area (Å²) in [6.07, 6.45) is 5.23. The van der Waals surface area contributed by atoms with Crippen LogP contribution in [0.15, 0.2) is 33.5 Å². The van der Waals surface area contributed by atoms with Crippen LogP contribution in [-0.2, 0) is 4.79 Å². The molecule has 0 spiro atoms. The standard InChI is InChI=1S/C17H20O5/c1-2-3-4-5-6-11-14(18)22-16-15(19)12-9-7-8-10-13(12)21-17(16)20/h7-10,19H,2-6,11H2,1H3. The predicted octanol–water partition coefficient (Wildman–Crippen LogP) is 3.76. The van der Waals surface area contributed by atoms with Gasteiger partial charge in [-0.15, -0.1) is 0 Å². The van der Waals surface area contributed by atoms with Crippen molar-refractivity contribution in [2.75, 3.05) is 0 Å². The lowest BCUT2D eigenvalue weighted by molar-refractivity contribution is -0.134. The van der Waals surface area contributed by atoms with Gasteiger partial charge in [-0.25, -0.2) is 4.79 Å². The van der Waals surface area contributed by atoms with Gasteiger partial charge in [0.2, 0.25) is 0 Å². The molecule has 2 rings (SSSR count). The van der Waals surface area contributed by atoms with E-state index >= 15 is 0 Å². The molecule has 0 unspecified atom stereocenters. The number of ether oxygens (including phenoxy) is 1. The molecule has 1 heterocycles. The molecule has 2 aromatic rings. The Bertz CT molecular complexity index is 702. The van der Waals surface area contributed by atoms with Crippen LogP contribution < -0.4 is 10.4 Å². The number of esters is 1. The molecule has 0 saturated heterocycles. The fourth-order valence-electron chi connectivity index (χ4n) is 2.24. The van der Waals surface area contributed by atoms with Crippen LogP contribution >= 0.6 is 0 Å². The smallest absolute Gasteiger partial charge is 0.383 e. The molecule has 0 aliphatic rings. The van der Waals surface area contributed by atoms with Gasteiger partial charge < -0.3 is 14.3 Å². The quantitative estimate of drug-likeness (QED) is 0.479. The third-order valence-electron chi connectivity index (χ3n) is 3.45. The Morgan fingerprint density at radius 2 is 1.91 bits per heavy atom. The number of benzene rings is 1. The van der Waals surface area contributed by atoms with Crippen molar-refractivity contribution in [2.45, 2.75) is 45.4 Å². The second kappa shape index (κ2) is 7.64. The molecule has 0 saturated carbocycles. The van der Waals surface area contributed by atoms with Gasteiger partial charge in [-0.1, -0.05) is 44.7 Å². The minimum atomic E-state index is -0.851. The van der Waals surface area contributed by atoms with Crippen LogP contribution in [0.3, 0.4) is 0 Å². The molecular weight excluding hydrogens is 284 g/mol. The molecule has 0 radical (unpaired) electrons. The van der Waals surface area contributed by atoms with Crippen molar-refractivity contribution in [1.82, 2.24) is 0 Å². The van der Waals surface area contributed by atoms with Crippen LogP contribution in [0, 0.1) is 0 Å². The normalized spacial score (nSPS) is 10.8. The highest BCUT2D eigenvalue weighted by Gasteiger charge is 2.18. The summed E-state index contributed by atoms with van der Waals surface area (Å²) >= 11 is 0. The Morgan fingerprint density at radius 1 is 1.18 bits per heavy atom. The lowest BCUT2D eigenvalue weighted by atomic mass is 10.1. The van der Waals surface area contributed by atoms with Crippen molar-refractivity contribution in [1.29, 1.82) is 0 Å². The van der Waals surface area contributed by atoms with E-state index in [4.69, 9.17) is 9.15 Å². The number of hydrogen-bond acceptors (Lipinski definition) is 5. The number of aromatic hydroxyl groups is 1. The first-order valence-corrected chi connectivity index (χ1v) is 7.59. The van der Waals surface area contributed by atoms with Crippen molar-refractivity contribution >= 4 is 16.9 Å². The fourth-order valence-corrected chi connectivity index (χ4v) is 2.24. The van der Waals surface area contributed by atoms with Crippen LogP contribution in [-0.4, -0.2) is 11.1 Å². The van der Waals surface area contributed by atoms with E-state index in [1.165, 1.54) is 0 Å². The SMILES string of the molecule is CCCCCCCC(=O)Oc1c(O)c2ccccc2oc1=O. The van der Waals surface area contributed by atoms with E-state index in [1.54, 1.807) is 24.3 Å². The first kappa shape index (κ1) is 16.1. The van der Waals surface area contributed by atoms with Crippen molar-refractivity contribution in [2.24, 2.45) is 0 Å². The van der Waals surface area contributed by atoms with Crippen molar-refractivity contribution in [3.05, 3.63) is 34.7 Å². The summed E-state index contributed by atoms with van der Waals surface area (Å²) in [6.45, 7) is 2.12. The first-order valence-electron chi connectivity index (χ1n) is 7.59. The summed E-state index contributed by atoms with van der Waals surface area (Å²) in [5, 5.41) is 10.4. The highest BCUT2D eigenvalue weighted by Crippen LogP contribution is 2.31. The third kappa shape index (κ3) is 3.87. The zero-order valence-corrected chi connectivity index (χ0v) is 12.6. The minimum absolute atomic E-state index is 0.218. The van der Waals surface area contributed by atoms with E-state index in [-0.39, 0.29) is 17.8 Å². The average Bonchev–Trinajstić information content (AvgIpc) is 2.51. The summed E-state index contributed by atoms with van der Waals surface area (Å²) in [5.74, 6) is -1.32. The first-order chi connectivity index (χ1) is 10.6. The molecule has 5 heteroatoms. The number of carbonyl (C=O) groups is 1. The maximum Gasteiger partial charge on any atom is 0.383 e. The van der Waals surface area contributed by atoms with E-state index in [1.807, 2.05) is 0 Å². The number of rotatable bonds is 7. The lowest BCUT2D eigenvalue weighted by Crippen LogP contribution is -2.14. The van der Waals surface area contributed by atoms with Crippen LogP contribution in [0.4, 0.5) is 0 Å². The summed E-state index contributed by atoms with van der Waals surface area (Å²) in [4.78, 5) is 23.6. The van der Waals surface area contributed by atoms with Gasteiger partial charge in [0.15, 0.2) is 5.75 Å². The fraction of sp³-hybridized carbons (Fsp3) is 0.412. The molecule has 118 valence electrons. The zero-order valence-electron chi connectivity index (χ0n) is 12.6. The van der Waals surface area contributed by atoms with Crippen LogP contribution in [0.2, 0.25) is 0 Å². The molecule has 1 N–H and O–H groups in total. The van der Waals surface area contributed by atoms with Gasteiger partial charge in [-0.2, -0.15) is 0 Å². The van der Waals surface area contributed by atoms with Gasteiger partial charge >= 0.3 is 11.6 Å². The average molecular weight is 304 g/mol. The number of carbonyl (C=O) groups excluding carboxylic acids is 1. The Kier molecular flexibility index (Phi) is 5.58. The number of para-hydroxylation sites is 1. The third-order valence-corrected chi connectivity index (χ3v) is 3.45. The van der Waals surface area contributed by atoms with Crippen LogP contribution in [0.1, 0.15) is 45.4 Å². The van der Waals surface area contributed by atoms with Crippen molar-refractivity contribution in [3.8, 4) is 11.5 Å². The molecule has 1 aromatic carbocycles. The Morgan fingerprint density at radius 3 is 2.68 bits per heavy atom. The molecule has 5 nitrogen and oxygen atoms in total. The maximum absolute atomic E-state index is 11.8. The Hall–Kier alpha value is -2.30. The van der Waals surface area contributed by atoms with Gasteiger partial charge in [0.25, 0.3) is 5.75 Å².